The smallest absolute Gasteiger partial charge is 0.313 e. The van der Waals surface area contributed by atoms with E-state index in [1.54, 1.807) is 17.0 Å². The molecule has 5 nitrogen and oxygen atoms in total. The fraction of sp³-hybridized carbons (Fsp3) is 0.385. The first-order valence-corrected chi connectivity index (χ1v) is 6.61. The Balaban J connectivity index is 2.01. The molecule has 1 fully saturated rings. The van der Waals surface area contributed by atoms with Crippen LogP contribution in [-0.4, -0.2) is 29.8 Å². The highest BCUT2D eigenvalue weighted by Gasteiger charge is 2.23. The van der Waals surface area contributed by atoms with Crippen molar-refractivity contribution in [2.45, 2.75) is 19.3 Å². The van der Waals surface area contributed by atoms with Crippen LogP contribution in [0.2, 0.25) is 5.02 Å². The number of rotatable bonds is 1. The third kappa shape index (κ3) is 3.38. The van der Waals surface area contributed by atoms with Crippen molar-refractivity contribution in [3.05, 3.63) is 23.2 Å². The van der Waals surface area contributed by atoms with Crippen LogP contribution in [0.4, 0.5) is 11.4 Å². The molecule has 1 saturated heterocycles. The second-order valence-corrected chi connectivity index (χ2v) is 4.95. The molecule has 0 saturated carbocycles. The number of likely N-dealkylation sites (tertiary alicyclic amines) is 1. The monoisotopic (exact) mass is 281 g/mol. The van der Waals surface area contributed by atoms with Crippen molar-refractivity contribution >= 4 is 34.8 Å². The van der Waals surface area contributed by atoms with E-state index >= 15 is 0 Å². The summed E-state index contributed by atoms with van der Waals surface area (Å²) in [6, 6.07) is 4.73. The summed E-state index contributed by atoms with van der Waals surface area (Å²) in [4.78, 5) is 25.4. The number of nitrogen functional groups attached to an aromatic ring is 1. The molecule has 19 heavy (non-hydrogen) atoms. The Labute approximate surface area is 116 Å². The van der Waals surface area contributed by atoms with Gasteiger partial charge in [-0.3, -0.25) is 9.59 Å². The highest BCUT2D eigenvalue weighted by atomic mass is 35.5. The van der Waals surface area contributed by atoms with E-state index in [0.717, 1.165) is 19.3 Å². The second-order valence-electron chi connectivity index (χ2n) is 4.55. The predicted octanol–water partition coefficient (Wildman–Crippen LogP) is 1.87. The number of nitrogens with zero attached hydrogens (tertiary/aromatic N) is 1. The summed E-state index contributed by atoms with van der Waals surface area (Å²) in [5.41, 5.74) is 6.46. The molecule has 0 atom stereocenters. The minimum Gasteiger partial charge on any atom is -0.399 e. The van der Waals surface area contributed by atoms with Gasteiger partial charge in [0.15, 0.2) is 0 Å². The molecule has 102 valence electrons. The number of hydrogen-bond donors (Lipinski definition) is 2. The van der Waals surface area contributed by atoms with E-state index in [1.165, 1.54) is 6.07 Å². The molecule has 0 aliphatic carbocycles. The molecule has 1 aliphatic rings. The Morgan fingerprint density at radius 2 is 1.89 bits per heavy atom. The lowest BCUT2D eigenvalue weighted by Gasteiger charge is -2.25. The van der Waals surface area contributed by atoms with Gasteiger partial charge in [-0.05, 0) is 37.5 Å². The summed E-state index contributed by atoms with van der Waals surface area (Å²) >= 11 is 5.94. The summed E-state index contributed by atoms with van der Waals surface area (Å²) < 4.78 is 0. The Morgan fingerprint density at radius 3 is 2.53 bits per heavy atom. The summed E-state index contributed by atoms with van der Waals surface area (Å²) in [6.45, 7) is 1.28. The molecule has 1 heterocycles. The first-order chi connectivity index (χ1) is 9.08. The van der Waals surface area contributed by atoms with Gasteiger partial charge < -0.3 is 16.0 Å². The van der Waals surface area contributed by atoms with Crippen LogP contribution in [0.1, 0.15) is 19.3 Å². The molecular weight excluding hydrogens is 266 g/mol. The lowest BCUT2D eigenvalue weighted by Crippen LogP contribution is -2.42. The highest BCUT2D eigenvalue weighted by Crippen LogP contribution is 2.24. The summed E-state index contributed by atoms with van der Waals surface area (Å²) in [7, 11) is 0. The standard InChI is InChI=1S/C13H16ClN3O2/c14-10-8-9(15)4-5-11(10)16-12(18)13(19)17-6-2-1-3-7-17/h4-5,8H,1-3,6-7,15H2,(H,16,18). The SMILES string of the molecule is Nc1ccc(NC(=O)C(=O)N2CCCCC2)c(Cl)c1. The van der Waals surface area contributed by atoms with Crippen molar-refractivity contribution in [3.63, 3.8) is 0 Å². The zero-order chi connectivity index (χ0) is 13.8. The highest BCUT2D eigenvalue weighted by molar-refractivity contribution is 6.41. The summed E-state index contributed by atoms with van der Waals surface area (Å²) in [5.74, 6) is -1.17. The first kappa shape index (κ1) is 13.7. The van der Waals surface area contributed by atoms with Gasteiger partial charge in [-0.2, -0.15) is 0 Å². The van der Waals surface area contributed by atoms with Crippen LogP contribution in [0.15, 0.2) is 18.2 Å². The molecule has 1 aromatic rings. The van der Waals surface area contributed by atoms with Crippen molar-refractivity contribution in [1.29, 1.82) is 0 Å². The molecule has 0 bridgehead atoms. The van der Waals surface area contributed by atoms with Gasteiger partial charge in [-0.1, -0.05) is 11.6 Å². The van der Waals surface area contributed by atoms with Gasteiger partial charge in [-0.15, -0.1) is 0 Å². The van der Waals surface area contributed by atoms with Crippen LogP contribution in [-0.2, 0) is 9.59 Å². The quantitative estimate of drug-likeness (QED) is 0.609. The number of halogens is 1. The average Bonchev–Trinajstić information content (AvgIpc) is 2.42. The van der Waals surface area contributed by atoms with Crippen molar-refractivity contribution in [2.24, 2.45) is 0 Å². The van der Waals surface area contributed by atoms with E-state index in [2.05, 4.69) is 5.32 Å². The van der Waals surface area contributed by atoms with Gasteiger partial charge in [0.1, 0.15) is 0 Å². The largest absolute Gasteiger partial charge is 0.399 e. The number of nitrogens with two attached hydrogens (primary N) is 1. The van der Waals surface area contributed by atoms with Crippen molar-refractivity contribution in [1.82, 2.24) is 4.90 Å². The lowest BCUT2D eigenvalue weighted by molar-refractivity contribution is -0.143. The fourth-order valence-electron chi connectivity index (χ4n) is 2.05. The zero-order valence-corrected chi connectivity index (χ0v) is 11.2. The Hall–Kier alpha value is -1.75. The van der Waals surface area contributed by atoms with Crippen molar-refractivity contribution in [2.75, 3.05) is 24.1 Å². The van der Waals surface area contributed by atoms with Gasteiger partial charge in [0.2, 0.25) is 0 Å². The van der Waals surface area contributed by atoms with Crippen LogP contribution in [0.3, 0.4) is 0 Å². The molecule has 0 spiro atoms. The average molecular weight is 282 g/mol. The van der Waals surface area contributed by atoms with E-state index in [0.29, 0.717) is 29.5 Å². The Kier molecular flexibility index (Phi) is 4.27. The fourth-order valence-corrected chi connectivity index (χ4v) is 2.29. The maximum absolute atomic E-state index is 11.9. The van der Waals surface area contributed by atoms with Crippen LogP contribution < -0.4 is 11.1 Å². The minimum absolute atomic E-state index is 0.319. The topological polar surface area (TPSA) is 75.4 Å². The third-order valence-electron chi connectivity index (χ3n) is 3.08. The van der Waals surface area contributed by atoms with Crippen LogP contribution in [0, 0.1) is 0 Å². The molecule has 1 aromatic carbocycles. The van der Waals surface area contributed by atoms with Crippen LogP contribution in [0.5, 0.6) is 0 Å². The Morgan fingerprint density at radius 1 is 1.21 bits per heavy atom. The number of anilines is 2. The molecule has 0 radical (unpaired) electrons. The molecular formula is C13H16ClN3O2. The molecule has 2 amide bonds. The lowest BCUT2D eigenvalue weighted by atomic mass is 10.1. The second kappa shape index (κ2) is 5.93. The maximum atomic E-state index is 11.9. The van der Waals surface area contributed by atoms with Gasteiger partial charge >= 0.3 is 11.8 Å². The molecule has 6 heteroatoms. The number of hydrogen-bond acceptors (Lipinski definition) is 3. The third-order valence-corrected chi connectivity index (χ3v) is 3.39. The van der Waals surface area contributed by atoms with E-state index in [1.807, 2.05) is 0 Å². The molecule has 2 rings (SSSR count). The van der Waals surface area contributed by atoms with Crippen molar-refractivity contribution < 1.29 is 9.59 Å². The molecule has 1 aliphatic heterocycles. The summed E-state index contributed by atoms with van der Waals surface area (Å²) in [5, 5.41) is 2.84. The van der Waals surface area contributed by atoms with E-state index in [-0.39, 0.29) is 0 Å². The van der Waals surface area contributed by atoms with Crippen LogP contribution in [0.25, 0.3) is 0 Å². The maximum Gasteiger partial charge on any atom is 0.313 e. The van der Waals surface area contributed by atoms with Crippen molar-refractivity contribution in [3.8, 4) is 0 Å². The number of benzene rings is 1. The van der Waals surface area contributed by atoms with Gasteiger partial charge in [0.25, 0.3) is 0 Å². The number of carbonyl (C=O) groups is 2. The van der Waals surface area contributed by atoms with Gasteiger partial charge in [0, 0.05) is 18.8 Å². The normalized spacial score (nSPS) is 15.1. The van der Waals surface area contributed by atoms with Gasteiger partial charge in [-0.25, -0.2) is 0 Å². The zero-order valence-electron chi connectivity index (χ0n) is 10.5. The van der Waals surface area contributed by atoms with Crippen LogP contribution >= 0.6 is 11.6 Å². The van der Waals surface area contributed by atoms with Gasteiger partial charge in [0.05, 0.1) is 10.7 Å². The number of nitrogens with one attached hydrogen (secondary N) is 1. The number of amides is 2. The molecule has 0 aromatic heterocycles. The first-order valence-electron chi connectivity index (χ1n) is 6.23. The number of piperidine rings is 1. The number of carbonyl (C=O) groups excluding carboxylic acids is 2. The Bertz CT molecular complexity index is 499. The predicted molar refractivity (Wildman–Crippen MR) is 74.9 cm³/mol. The van der Waals surface area contributed by atoms with E-state index in [9.17, 15) is 9.59 Å². The van der Waals surface area contributed by atoms with E-state index in [4.69, 9.17) is 17.3 Å². The minimum atomic E-state index is -0.659. The molecule has 0 unspecified atom stereocenters. The van der Waals surface area contributed by atoms with E-state index < -0.39 is 11.8 Å². The molecule has 3 N–H and O–H groups in total. The summed E-state index contributed by atoms with van der Waals surface area (Å²) in [6.07, 6.45) is 3.00.